The van der Waals surface area contributed by atoms with Crippen LogP contribution in [0.15, 0.2) is 115 Å². The van der Waals surface area contributed by atoms with Gasteiger partial charge in [-0.05, 0) is 68.3 Å². The van der Waals surface area contributed by atoms with E-state index in [0.29, 0.717) is 16.8 Å². The van der Waals surface area contributed by atoms with Gasteiger partial charge in [0.15, 0.2) is 5.78 Å². The van der Waals surface area contributed by atoms with Gasteiger partial charge in [0.2, 0.25) is 0 Å². The van der Waals surface area contributed by atoms with E-state index in [9.17, 15) is 19.3 Å². The van der Waals surface area contributed by atoms with Crippen molar-refractivity contribution >= 4 is 25.5 Å². The van der Waals surface area contributed by atoms with Gasteiger partial charge in [-0.1, -0.05) is 78.9 Å². The molecular weight excluding hydrogens is 555 g/mol. The highest BCUT2D eigenvalue weighted by molar-refractivity contribution is 7.55. The van der Waals surface area contributed by atoms with Crippen molar-refractivity contribution in [3.05, 3.63) is 126 Å². The molecule has 218 valence electrons. The van der Waals surface area contributed by atoms with E-state index >= 15 is 0 Å². The molecule has 4 aromatic carbocycles. The van der Waals surface area contributed by atoms with Gasteiger partial charge in [-0.25, -0.2) is 14.2 Å². The third kappa shape index (κ3) is 8.38. The van der Waals surface area contributed by atoms with Crippen LogP contribution in [-0.2, 0) is 15.8 Å². The average Bonchev–Trinajstić information content (AvgIpc) is 2.94. The van der Waals surface area contributed by atoms with E-state index in [2.05, 4.69) is 5.32 Å². The summed E-state index contributed by atoms with van der Waals surface area (Å²) in [4.78, 5) is 26.2. The molecule has 2 N–H and O–H groups in total. The zero-order valence-corrected chi connectivity index (χ0v) is 24.4. The molecule has 0 radical (unpaired) electrons. The fourth-order valence-corrected chi connectivity index (χ4v) is 6.23. The molecule has 0 fully saturated rings. The molecule has 0 bridgehead atoms. The van der Waals surface area contributed by atoms with Crippen LogP contribution in [0.2, 0.25) is 0 Å². The number of hydrogen-bond donors (Lipinski definition) is 2. The van der Waals surface area contributed by atoms with Gasteiger partial charge >= 0.3 is 19.8 Å². The molecule has 0 spiro atoms. The number of hydrogen-bond acceptors (Lipinski definition) is 6. The third-order valence-corrected chi connectivity index (χ3v) is 7.95. The number of nitrogens with one attached hydrogen (secondary N) is 1. The quantitative estimate of drug-likeness (QED) is 0.178. The number of carbonyl (C=O) groups excluding carboxylic acids is 1. The summed E-state index contributed by atoms with van der Waals surface area (Å²) in [5.74, 6) is -0.906. The topological polar surface area (TPSA) is 114 Å². The number of amides is 2. The van der Waals surface area contributed by atoms with Crippen molar-refractivity contribution in [2.45, 2.75) is 38.7 Å². The number of ether oxygens (including phenoxy) is 1. The number of rotatable bonds is 10. The van der Waals surface area contributed by atoms with Crippen molar-refractivity contribution in [1.29, 1.82) is 0 Å². The standard InChI is InChI=1S/C32H33N2O7P/c1-32(2,3)39-30(35)33-26-21-19-25(20-22-26)29(34(31(36)37)23-24-13-7-4-8-14-24)42(38,40-27-15-9-5-10-16-27)41-28-17-11-6-12-18-28/h4-22,29H,23H2,1-3H3,(H,33,35)(H,36,37). The summed E-state index contributed by atoms with van der Waals surface area (Å²) in [6.07, 6.45) is -1.97. The minimum absolute atomic E-state index is 0.0982. The molecule has 0 aliphatic rings. The van der Waals surface area contributed by atoms with Gasteiger partial charge in [0.1, 0.15) is 17.1 Å². The fraction of sp³-hybridized carbons (Fsp3) is 0.188. The van der Waals surface area contributed by atoms with Crippen molar-refractivity contribution in [2.75, 3.05) is 5.32 Å². The third-order valence-electron chi connectivity index (χ3n) is 5.84. The van der Waals surface area contributed by atoms with Crippen molar-refractivity contribution in [3.8, 4) is 11.5 Å². The number of para-hydroxylation sites is 2. The van der Waals surface area contributed by atoms with Crippen molar-refractivity contribution < 1.29 is 33.0 Å². The smallest absolute Gasteiger partial charge is 0.457 e. The van der Waals surface area contributed by atoms with Crippen LogP contribution in [0.3, 0.4) is 0 Å². The number of carbonyl (C=O) groups is 2. The molecule has 1 atom stereocenters. The first-order chi connectivity index (χ1) is 20.0. The lowest BCUT2D eigenvalue weighted by atomic mass is 10.1. The molecule has 0 aliphatic heterocycles. The predicted octanol–water partition coefficient (Wildman–Crippen LogP) is 8.56. The van der Waals surface area contributed by atoms with Crippen LogP contribution in [0.5, 0.6) is 11.5 Å². The van der Waals surface area contributed by atoms with Gasteiger partial charge in [0.05, 0.1) is 6.54 Å². The second kappa shape index (κ2) is 13.3. The van der Waals surface area contributed by atoms with E-state index in [1.54, 1.807) is 130 Å². The van der Waals surface area contributed by atoms with E-state index in [0.717, 1.165) is 4.90 Å². The summed E-state index contributed by atoms with van der Waals surface area (Å²) in [5.41, 5.74) is 0.724. The first-order valence-electron chi connectivity index (χ1n) is 13.2. The molecule has 42 heavy (non-hydrogen) atoms. The monoisotopic (exact) mass is 588 g/mol. The molecular formula is C32H33N2O7P. The van der Waals surface area contributed by atoms with Crippen molar-refractivity contribution in [2.24, 2.45) is 0 Å². The van der Waals surface area contributed by atoms with E-state index in [-0.39, 0.29) is 18.0 Å². The molecule has 9 nitrogen and oxygen atoms in total. The highest BCUT2D eigenvalue weighted by Crippen LogP contribution is 2.61. The molecule has 0 saturated heterocycles. The summed E-state index contributed by atoms with van der Waals surface area (Å²) < 4.78 is 32.4. The molecule has 0 aliphatic carbocycles. The van der Waals surface area contributed by atoms with E-state index < -0.39 is 31.2 Å². The first kappa shape index (κ1) is 30.2. The van der Waals surface area contributed by atoms with Crippen molar-refractivity contribution in [1.82, 2.24) is 4.90 Å². The predicted molar refractivity (Wildman–Crippen MR) is 161 cm³/mol. The number of anilines is 1. The second-order valence-corrected chi connectivity index (χ2v) is 12.3. The maximum atomic E-state index is 15.0. The van der Waals surface area contributed by atoms with Crippen LogP contribution in [0, 0.1) is 0 Å². The van der Waals surface area contributed by atoms with Gasteiger partial charge < -0.3 is 18.9 Å². The normalized spacial score (nSPS) is 12.1. The van der Waals surface area contributed by atoms with Gasteiger partial charge in [0.25, 0.3) is 0 Å². The molecule has 0 saturated carbocycles. The molecule has 4 aromatic rings. The highest BCUT2D eigenvalue weighted by atomic mass is 31.2. The average molecular weight is 589 g/mol. The SMILES string of the molecule is CC(C)(C)OC(=O)Nc1ccc(C(N(Cc2ccccc2)C(=O)O)P(=O)(Oc2ccccc2)Oc2ccccc2)cc1. The summed E-state index contributed by atoms with van der Waals surface area (Å²) in [5, 5.41) is 13.1. The van der Waals surface area contributed by atoms with Crippen molar-refractivity contribution in [3.63, 3.8) is 0 Å². The van der Waals surface area contributed by atoms with Crippen LogP contribution in [-0.4, -0.2) is 27.8 Å². The Morgan fingerprint density at radius 1 is 0.786 bits per heavy atom. The Kier molecular flexibility index (Phi) is 9.55. The second-order valence-electron chi connectivity index (χ2n) is 10.4. The van der Waals surface area contributed by atoms with E-state index in [1.165, 1.54) is 0 Å². The van der Waals surface area contributed by atoms with Crippen LogP contribution < -0.4 is 14.4 Å². The molecule has 0 aromatic heterocycles. The Morgan fingerprint density at radius 2 is 1.26 bits per heavy atom. The van der Waals surface area contributed by atoms with Gasteiger partial charge in [0, 0.05) is 5.69 Å². The number of carboxylic acid groups (broad SMARTS) is 1. The Morgan fingerprint density at radius 3 is 1.71 bits per heavy atom. The van der Waals surface area contributed by atoms with Gasteiger partial charge in [-0.2, -0.15) is 0 Å². The number of benzene rings is 4. The Bertz CT molecular complexity index is 1460. The lowest BCUT2D eigenvalue weighted by molar-refractivity contribution is 0.0636. The molecule has 0 heterocycles. The summed E-state index contributed by atoms with van der Waals surface area (Å²) >= 11 is 0. The van der Waals surface area contributed by atoms with Crippen LogP contribution in [0.4, 0.5) is 15.3 Å². The van der Waals surface area contributed by atoms with Crippen LogP contribution in [0.25, 0.3) is 0 Å². The largest absolute Gasteiger partial charge is 0.465 e. The molecule has 4 rings (SSSR count). The summed E-state index contributed by atoms with van der Waals surface area (Å²) in [6, 6.07) is 32.2. The Hall–Kier alpha value is -4.75. The summed E-state index contributed by atoms with van der Waals surface area (Å²) in [7, 11) is -4.38. The minimum Gasteiger partial charge on any atom is -0.465 e. The zero-order chi connectivity index (χ0) is 30.2. The molecule has 1 unspecified atom stereocenters. The fourth-order valence-electron chi connectivity index (χ4n) is 4.11. The van der Waals surface area contributed by atoms with Gasteiger partial charge in [-0.15, -0.1) is 0 Å². The lowest BCUT2D eigenvalue weighted by Crippen LogP contribution is -2.35. The van der Waals surface area contributed by atoms with Crippen LogP contribution >= 0.6 is 7.60 Å². The highest BCUT2D eigenvalue weighted by Gasteiger charge is 2.47. The zero-order valence-electron chi connectivity index (χ0n) is 23.5. The maximum Gasteiger partial charge on any atom is 0.457 e. The molecule has 2 amide bonds. The van der Waals surface area contributed by atoms with E-state index in [4.69, 9.17) is 13.8 Å². The van der Waals surface area contributed by atoms with Gasteiger partial charge in [-0.3, -0.25) is 10.2 Å². The number of nitrogens with zero attached hydrogens (tertiary/aromatic N) is 1. The molecule has 10 heteroatoms. The van der Waals surface area contributed by atoms with Crippen LogP contribution in [0.1, 0.15) is 37.7 Å². The van der Waals surface area contributed by atoms with E-state index in [1.807, 2.05) is 6.07 Å². The Labute approximate surface area is 245 Å². The Balaban J connectivity index is 1.80. The maximum absolute atomic E-state index is 15.0. The lowest BCUT2D eigenvalue weighted by Gasteiger charge is -2.34. The first-order valence-corrected chi connectivity index (χ1v) is 14.9. The summed E-state index contributed by atoms with van der Waals surface area (Å²) in [6.45, 7) is 5.17. The minimum atomic E-state index is -4.38.